The number of likely N-dealkylation sites (N-methyl/N-ethyl adjacent to an activating group) is 1. The van der Waals surface area contributed by atoms with Gasteiger partial charge in [-0.2, -0.15) is 0 Å². The molecule has 4 rings (SSSR count). The van der Waals surface area contributed by atoms with E-state index in [9.17, 15) is 14.7 Å². The first-order valence-electron chi connectivity index (χ1n) is 13.3. The fraction of sp³-hybridized carbons (Fsp3) is 0.367. The van der Waals surface area contributed by atoms with Gasteiger partial charge in [-0.05, 0) is 68.1 Å². The highest BCUT2D eigenvalue weighted by molar-refractivity contribution is 6.04. The molecule has 0 bridgehead atoms. The molecule has 1 aliphatic heterocycles. The van der Waals surface area contributed by atoms with E-state index in [0.717, 1.165) is 5.56 Å². The molecule has 3 atom stereocenters. The van der Waals surface area contributed by atoms with Gasteiger partial charge in [0.2, 0.25) is 0 Å². The lowest BCUT2D eigenvalue weighted by atomic mass is 9.99. The predicted octanol–water partition coefficient (Wildman–Crippen LogP) is 4.09. The maximum atomic E-state index is 13.7. The molecule has 0 radical (unpaired) electrons. The van der Waals surface area contributed by atoms with Crippen molar-refractivity contribution < 1.29 is 24.2 Å². The van der Waals surface area contributed by atoms with Crippen molar-refractivity contribution in [3.8, 4) is 11.5 Å². The second-order valence-electron chi connectivity index (χ2n) is 10.2. The lowest BCUT2D eigenvalue weighted by Gasteiger charge is -2.38. The fourth-order valence-electron chi connectivity index (χ4n) is 4.69. The van der Waals surface area contributed by atoms with Gasteiger partial charge in [-0.1, -0.05) is 13.0 Å². The van der Waals surface area contributed by atoms with Crippen LogP contribution < -0.4 is 20.1 Å². The van der Waals surface area contributed by atoms with Gasteiger partial charge in [0, 0.05) is 43.6 Å². The summed E-state index contributed by atoms with van der Waals surface area (Å²) >= 11 is 0. The van der Waals surface area contributed by atoms with Gasteiger partial charge in [0.05, 0.1) is 31.0 Å². The molecule has 3 N–H and O–H groups in total. The molecule has 0 spiro atoms. The Hall–Kier alpha value is -4.15. The Bertz CT molecular complexity index is 1290. The molecule has 0 unspecified atom stereocenters. The van der Waals surface area contributed by atoms with Crippen LogP contribution in [-0.2, 0) is 6.54 Å². The Balaban J connectivity index is 1.61. The predicted molar refractivity (Wildman–Crippen MR) is 154 cm³/mol. The van der Waals surface area contributed by atoms with Crippen molar-refractivity contribution in [1.29, 1.82) is 0 Å². The molecule has 212 valence electrons. The number of hydrogen-bond donors (Lipinski definition) is 3. The summed E-state index contributed by atoms with van der Waals surface area (Å²) in [6.07, 6.45) is 3.23. The van der Waals surface area contributed by atoms with E-state index in [4.69, 9.17) is 9.47 Å². The third-order valence-corrected chi connectivity index (χ3v) is 6.98. The number of ether oxygens (including phenoxy) is 2. The van der Waals surface area contributed by atoms with E-state index in [1.54, 1.807) is 66.9 Å². The minimum atomic E-state index is -0.475. The van der Waals surface area contributed by atoms with Gasteiger partial charge in [0.25, 0.3) is 5.91 Å². The summed E-state index contributed by atoms with van der Waals surface area (Å²) in [5, 5.41) is 15.6. The number of para-hydroxylation sites is 1. The van der Waals surface area contributed by atoms with Crippen LogP contribution in [0.3, 0.4) is 0 Å². The number of amides is 3. The van der Waals surface area contributed by atoms with Gasteiger partial charge < -0.3 is 30.1 Å². The van der Waals surface area contributed by atoms with Crippen LogP contribution in [-0.4, -0.2) is 77.8 Å². The second kappa shape index (κ2) is 13.3. The molecule has 1 aliphatic rings. The number of nitrogens with zero attached hydrogens (tertiary/aromatic N) is 3. The van der Waals surface area contributed by atoms with Crippen LogP contribution in [0.15, 0.2) is 67.0 Å². The van der Waals surface area contributed by atoms with Crippen molar-refractivity contribution in [2.75, 3.05) is 44.5 Å². The molecule has 10 nitrogen and oxygen atoms in total. The first kappa shape index (κ1) is 28.8. The minimum absolute atomic E-state index is 0.0628. The number of benzene rings is 2. The zero-order chi connectivity index (χ0) is 28.6. The quantitative estimate of drug-likeness (QED) is 0.370. The minimum Gasteiger partial charge on any atom is -0.497 e. The molecule has 0 fully saturated rings. The second-order valence-corrected chi connectivity index (χ2v) is 10.2. The average molecular weight is 548 g/mol. The molecular formula is C30H37N5O5. The number of aromatic nitrogens is 1. The van der Waals surface area contributed by atoms with Crippen LogP contribution in [0.25, 0.3) is 0 Å². The number of pyridine rings is 1. The number of urea groups is 1. The zero-order valence-electron chi connectivity index (χ0n) is 23.3. The van der Waals surface area contributed by atoms with Crippen LogP contribution >= 0.6 is 0 Å². The van der Waals surface area contributed by atoms with E-state index in [2.05, 4.69) is 20.5 Å². The highest BCUT2D eigenvalue weighted by atomic mass is 16.5. The van der Waals surface area contributed by atoms with Crippen molar-refractivity contribution >= 4 is 23.3 Å². The zero-order valence-corrected chi connectivity index (χ0v) is 23.3. The number of carbonyl (C=O) groups excluding carboxylic acids is 2. The summed E-state index contributed by atoms with van der Waals surface area (Å²) in [5.41, 5.74) is 2.42. The van der Waals surface area contributed by atoms with E-state index < -0.39 is 6.03 Å². The molecule has 1 aromatic heterocycles. The largest absolute Gasteiger partial charge is 0.497 e. The summed E-state index contributed by atoms with van der Waals surface area (Å²) in [5.74, 6) is 0.665. The number of carbonyl (C=O) groups is 2. The number of hydrogen-bond acceptors (Lipinski definition) is 7. The summed E-state index contributed by atoms with van der Waals surface area (Å²) in [6, 6.07) is 15.2. The number of rotatable bonds is 9. The van der Waals surface area contributed by atoms with E-state index in [1.807, 2.05) is 33.0 Å². The average Bonchev–Trinajstić information content (AvgIpc) is 2.95. The number of methoxy groups -OCH3 is 1. The number of anilines is 2. The van der Waals surface area contributed by atoms with Crippen LogP contribution in [0, 0.1) is 5.92 Å². The fourth-order valence-corrected chi connectivity index (χ4v) is 4.69. The third-order valence-electron chi connectivity index (χ3n) is 6.98. The molecule has 40 heavy (non-hydrogen) atoms. The van der Waals surface area contributed by atoms with Crippen LogP contribution in [0.2, 0.25) is 0 Å². The smallest absolute Gasteiger partial charge is 0.323 e. The molecule has 0 saturated heterocycles. The SMILES string of the molecule is COc1ccc(NC(=O)Nc2cccc3c2O[C@@H](CN(C)Cc2ccncc2)[C@H](C)CN([C@H](C)CO)C3=O)cc1. The number of fused-ring (bicyclic) bond motifs is 1. The lowest BCUT2D eigenvalue weighted by Crippen LogP contribution is -2.49. The third kappa shape index (κ3) is 7.08. The van der Waals surface area contributed by atoms with Gasteiger partial charge in [-0.3, -0.25) is 14.7 Å². The lowest BCUT2D eigenvalue weighted by molar-refractivity contribution is 0.0343. The summed E-state index contributed by atoms with van der Waals surface area (Å²) in [7, 11) is 3.59. The van der Waals surface area contributed by atoms with E-state index in [-0.39, 0.29) is 30.6 Å². The molecule has 3 amide bonds. The van der Waals surface area contributed by atoms with E-state index >= 15 is 0 Å². The van der Waals surface area contributed by atoms with Crippen molar-refractivity contribution in [2.45, 2.75) is 32.5 Å². The Morgan fingerprint density at radius 1 is 1.18 bits per heavy atom. The van der Waals surface area contributed by atoms with E-state index in [1.165, 1.54) is 0 Å². The molecule has 2 heterocycles. The first-order valence-corrected chi connectivity index (χ1v) is 13.3. The highest BCUT2D eigenvalue weighted by Gasteiger charge is 2.34. The maximum absolute atomic E-state index is 13.7. The number of aliphatic hydroxyl groups excluding tert-OH is 1. The maximum Gasteiger partial charge on any atom is 0.323 e. The monoisotopic (exact) mass is 547 g/mol. The molecule has 2 aromatic carbocycles. The Labute approximate surface area is 234 Å². The standard InChI is InChI=1S/C30H37N5O5/c1-20-16-35(21(2)19-36)29(37)25-6-5-7-26(33-30(38)32-23-8-10-24(39-4)11-9-23)28(25)40-27(20)18-34(3)17-22-12-14-31-15-13-22/h5-15,20-21,27,36H,16-19H2,1-4H3,(H2,32,33,38)/t20-,21-,27+/m1/s1. The Kier molecular flexibility index (Phi) is 9.57. The van der Waals surface area contributed by atoms with Crippen molar-refractivity contribution in [3.63, 3.8) is 0 Å². The van der Waals surface area contributed by atoms with Gasteiger partial charge in [0.15, 0.2) is 5.75 Å². The molecule has 0 saturated carbocycles. The first-order chi connectivity index (χ1) is 19.3. The van der Waals surface area contributed by atoms with Crippen molar-refractivity contribution in [2.24, 2.45) is 5.92 Å². The molecule has 10 heteroatoms. The van der Waals surface area contributed by atoms with Gasteiger partial charge in [0.1, 0.15) is 11.9 Å². The number of nitrogens with one attached hydrogen (secondary N) is 2. The topological polar surface area (TPSA) is 116 Å². The number of aliphatic hydroxyl groups is 1. The van der Waals surface area contributed by atoms with Crippen molar-refractivity contribution in [3.05, 3.63) is 78.1 Å². The summed E-state index contributed by atoms with van der Waals surface area (Å²) in [4.78, 5) is 34.6. The normalized spacial score (nSPS) is 17.8. The van der Waals surface area contributed by atoms with Gasteiger partial charge in [-0.25, -0.2) is 4.79 Å². The van der Waals surface area contributed by atoms with Gasteiger partial charge in [-0.15, -0.1) is 0 Å². The van der Waals surface area contributed by atoms with Crippen LogP contribution in [0.1, 0.15) is 29.8 Å². The highest BCUT2D eigenvalue weighted by Crippen LogP contribution is 2.35. The van der Waals surface area contributed by atoms with Crippen molar-refractivity contribution in [1.82, 2.24) is 14.8 Å². The molecule has 0 aliphatic carbocycles. The van der Waals surface area contributed by atoms with Crippen LogP contribution in [0.5, 0.6) is 11.5 Å². The van der Waals surface area contributed by atoms with E-state index in [0.29, 0.717) is 48.1 Å². The molecular weight excluding hydrogens is 510 g/mol. The molecule has 3 aromatic rings. The summed E-state index contributed by atoms with van der Waals surface area (Å²) < 4.78 is 11.8. The van der Waals surface area contributed by atoms with Crippen LogP contribution in [0.4, 0.5) is 16.2 Å². The van der Waals surface area contributed by atoms with Gasteiger partial charge >= 0.3 is 6.03 Å². The Morgan fingerprint density at radius 3 is 2.58 bits per heavy atom. The summed E-state index contributed by atoms with van der Waals surface area (Å²) in [6.45, 7) is 5.38. The Morgan fingerprint density at radius 2 is 1.90 bits per heavy atom.